The quantitative estimate of drug-likeness (QED) is 0.880. The van der Waals surface area contributed by atoms with Crippen LogP contribution < -0.4 is 10.5 Å². The van der Waals surface area contributed by atoms with E-state index >= 15 is 0 Å². The summed E-state index contributed by atoms with van der Waals surface area (Å²) in [5.41, 5.74) is 7.35. The highest BCUT2D eigenvalue weighted by molar-refractivity contribution is 9.10. The van der Waals surface area contributed by atoms with E-state index in [-0.39, 0.29) is 0 Å². The summed E-state index contributed by atoms with van der Waals surface area (Å²) < 4.78 is 8.12. The van der Waals surface area contributed by atoms with Crippen molar-refractivity contribution >= 4 is 21.6 Å². The molecule has 0 radical (unpaired) electrons. The molecule has 2 aromatic rings. The van der Waals surface area contributed by atoms with E-state index in [0.29, 0.717) is 18.0 Å². The molecule has 16 heavy (non-hydrogen) atoms. The monoisotopic (exact) mass is 281 g/mol. The SMILES string of the molecule is CCOc1cc(-n2cc(Br)cn2)ccc1N. The van der Waals surface area contributed by atoms with Crippen molar-refractivity contribution in [1.82, 2.24) is 9.78 Å². The number of aromatic nitrogens is 2. The Morgan fingerprint density at radius 2 is 2.31 bits per heavy atom. The molecule has 0 aliphatic carbocycles. The molecule has 0 atom stereocenters. The largest absolute Gasteiger partial charge is 0.492 e. The number of rotatable bonds is 3. The van der Waals surface area contributed by atoms with Gasteiger partial charge in [0, 0.05) is 12.3 Å². The lowest BCUT2D eigenvalue weighted by Crippen LogP contribution is -2.00. The molecular weight excluding hydrogens is 270 g/mol. The molecule has 2 rings (SSSR count). The molecule has 84 valence electrons. The van der Waals surface area contributed by atoms with Gasteiger partial charge in [-0.3, -0.25) is 0 Å². The minimum atomic E-state index is 0.594. The number of hydrogen-bond acceptors (Lipinski definition) is 3. The van der Waals surface area contributed by atoms with Crippen molar-refractivity contribution in [3.05, 3.63) is 35.1 Å². The van der Waals surface area contributed by atoms with Gasteiger partial charge in [0.05, 0.1) is 28.7 Å². The molecule has 0 aliphatic rings. The molecule has 4 nitrogen and oxygen atoms in total. The number of ether oxygens (including phenoxy) is 1. The first kappa shape index (κ1) is 11.0. The number of halogens is 1. The smallest absolute Gasteiger partial charge is 0.144 e. The van der Waals surface area contributed by atoms with E-state index in [2.05, 4.69) is 21.0 Å². The van der Waals surface area contributed by atoms with Crippen molar-refractivity contribution in [1.29, 1.82) is 0 Å². The van der Waals surface area contributed by atoms with Crippen LogP contribution >= 0.6 is 15.9 Å². The zero-order valence-electron chi connectivity index (χ0n) is 8.85. The number of nitrogen functional groups attached to an aromatic ring is 1. The highest BCUT2D eigenvalue weighted by atomic mass is 79.9. The molecule has 0 aliphatic heterocycles. The van der Waals surface area contributed by atoms with Gasteiger partial charge < -0.3 is 10.5 Å². The predicted octanol–water partition coefficient (Wildman–Crippen LogP) is 2.62. The Bertz CT molecular complexity index is 496. The zero-order chi connectivity index (χ0) is 11.5. The third-order valence-electron chi connectivity index (χ3n) is 2.11. The van der Waals surface area contributed by atoms with Gasteiger partial charge in [0.2, 0.25) is 0 Å². The average molecular weight is 282 g/mol. The molecule has 0 saturated carbocycles. The second-order valence-electron chi connectivity index (χ2n) is 3.26. The Hall–Kier alpha value is -1.49. The molecule has 1 aromatic heterocycles. The molecule has 0 saturated heterocycles. The molecule has 0 bridgehead atoms. The minimum absolute atomic E-state index is 0.594. The van der Waals surface area contributed by atoms with Crippen molar-refractivity contribution in [3.63, 3.8) is 0 Å². The van der Waals surface area contributed by atoms with Gasteiger partial charge in [-0.2, -0.15) is 5.10 Å². The third kappa shape index (κ3) is 2.19. The summed E-state index contributed by atoms with van der Waals surface area (Å²) in [5.74, 6) is 0.687. The van der Waals surface area contributed by atoms with Gasteiger partial charge in [0.25, 0.3) is 0 Å². The van der Waals surface area contributed by atoms with Gasteiger partial charge in [-0.05, 0) is 35.0 Å². The zero-order valence-corrected chi connectivity index (χ0v) is 10.4. The van der Waals surface area contributed by atoms with E-state index in [1.807, 2.05) is 31.3 Å². The molecule has 2 N–H and O–H groups in total. The second kappa shape index (κ2) is 4.57. The molecular formula is C11H12BrN3O. The van der Waals surface area contributed by atoms with E-state index < -0.39 is 0 Å². The van der Waals surface area contributed by atoms with Crippen molar-refractivity contribution in [2.45, 2.75) is 6.92 Å². The average Bonchev–Trinajstić information content (AvgIpc) is 2.69. The van der Waals surface area contributed by atoms with Gasteiger partial charge >= 0.3 is 0 Å². The lowest BCUT2D eigenvalue weighted by Gasteiger charge is -2.08. The van der Waals surface area contributed by atoms with Crippen LogP contribution in [0.15, 0.2) is 35.1 Å². The molecule has 0 spiro atoms. The summed E-state index contributed by atoms with van der Waals surface area (Å²) in [4.78, 5) is 0. The normalized spacial score (nSPS) is 10.4. The number of benzene rings is 1. The summed E-state index contributed by atoms with van der Waals surface area (Å²) in [7, 11) is 0. The first-order valence-corrected chi connectivity index (χ1v) is 5.73. The van der Waals surface area contributed by atoms with Crippen molar-refractivity contribution in [3.8, 4) is 11.4 Å². The van der Waals surface area contributed by atoms with Gasteiger partial charge in [0.15, 0.2) is 0 Å². The van der Waals surface area contributed by atoms with Crippen LogP contribution in [0.5, 0.6) is 5.75 Å². The highest BCUT2D eigenvalue weighted by Crippen LogP contribution is 2.25. The van der Waals surface area contributed by atoms with Crippen molar-refractivity contribution in [2.75, 3.05) is 12.3 Å². The van der Waals surface area contributed by atoms with E-state index in [4.69, 9.17) is 10.5 Å². The van der Waals surface area contributed by atoms with Crippen LogP contribution in [-0.2, 0) is 0 Å². The Labute approximate surface area is 102 Å². The summed E-state index contributed by atoms with van der Waals surface area (Å²) in [6.45, 7) is 2.52. The Balaban J connectivity index is 2.39. The van der Waals surface area contributed by atoms with Crippen LogP contribution in [0.1, 0.15) is 6.92 Å². The molecule has 1 aromatic carbocycles. The fourth-order valence-corrected chi connectivity index (χ4v) is 1.67. The maximum absolute atomic E-state index is 5.79. The van der Waals surface area contributed by atoms with E-state index in [9.17, 15) is 0 Å². The number of nitrogens with zero attached hydrogens (tertiary/aromatic N) is 2. The van der Waals surface area contributed by atoms with Crippen LogP contribution in [0.3, 0.4) is 0 Å². The van der Waals surface area contributed by atoms with E-state index in [1.165, 1.54) is 0 Å². The Kier molecular flexibility index (Phi) is 3.14. The highest BCUT2D eigenvalue weighted by Gasteiger charge is 2.04. The standard InChI is InChI=1S/C11H12BrN3O/c1-2-16-11-5-9(3-4-10(11)13)15-7-8(12)6-14-15/h3-7H,2,13H2,1H3. The second-order valence-corrected chi connectivity index (χ2v) is 4.17. The number of hydrogen-bond donors (Lipinski definition) is 1. The summed E-state index contributed by atoms with van der Waals surface area (Å²) in [5, 5.41) is 4.19. The van der Waals surface area contributed by atoms with Gasteiger partial charge in [0.1, 0.15) is 5.75 Å². The Morgan fingerprint density at radius 3 is 2.94 bits per heavy atom. The number of nitrogens with two attached hydrogens (primary N) is 1. The summed E-state index contributed by atoms with van der Waals surface area (Å²) >= 11 is 3.35. The van der Waals surface area contributed by atoms with Crippen LogP contribution in [0.4, 0.5) is 5.69 Å². The fraction of sp³-hybridized carbons (Fsp3) is 0.182. The molecule has 1 heterocycles. The topological polar surface area (TPSA) is 53.1 Å². The van der Waals surface area contributed by atoms with E-state index in [1.54, 1.807) is 10.9 Å². The molecule has 0 fully saturated rings. The van der Waals surface area contributed by atoms with Crippen LogP contribution in [0, 0.1) is 0 Å². The van der Waals surface area contributed by atoms with Gasteiger partial charge in [-0.25, -0.2) is 4.68 Å². The lowest BCUT2D eigenvalue weighted by atomic mass is 10.2. The van der Waals surface area contributed by atoms with Crippen molar-refractivity contribution in [2.24, 2.45) is 0 Å². The predicted molar refractivity (Wildman–Crippen MR) is 66.8 cm³/mol. The van der Waals surface area contributed by atoms with Crippen LogP contribution in [0.25, 0.3) is 5.69 Å². The lowest BCUT2D eigenvalue weighted by molar-refractivity contribution is 0.342. The molecule has 5 heteroatoms. The summed E-state index contributed by atoms with van der Waals surface area (Å²) in [6, 6.07) is 5.59. The first-order chi connectivity index (χ1) is 7.70. The van der Waals surface area contributed by atoms with Crippen LogP contribution in [0.2, 0.25) is 0 Å². The first-order valence-electron chi connectivity index (χ1n) is 4.93. The van der Waals surface area contributed by atoms with Crippen molar-refractivity contribution < 1.29 is 4.74 Å². The van der Waals surface area contributed by atoms with E-state index in [0.717, 1.165) is 10.2 Å². The number of anilines is 1. The fourth-order valence-electron chi connectivity index (χ4n) is 1.39. The molecule has 0 unspecified atom stereocenters. The maximum atomic E-state index is 5.79. The van der Waals surface area contributed by atoms with Gasteiger partial charge in [-0.15, -0.1) is 0 Å². The van der Waals surface area contributed by atoms with Crippen LogP contribution in [-0.4, -0.2) is 16.4 Å². The Morgan fingerprint density at radius 1 is 1.50 bits per heavy atom. The maximum Gasteiger partial charge on any atom is 0.144 e. The summed E-state index contributed by atoms with van der Waals surface area (Å²) in [6.07, 6.45) is 3.61. The minimum Gasteiger partial charge on any atom is -0.492 e. The third-order valence-corrected chi connectivity index (χ3v) is 2.52. The van der Waals surface area contributed by atoms with Gasteiger partial charge in [-0.1, -0.05) is 0 Å². The molecule has 0 amide bonds.